The molecule has 0 radical (unpaired) electrons. The smallest absolute Gasteiger partial charge is 0.292 e. The highest BCUT2D eigenvalue weighted by atomic mass is 16.7. The van der Waals surface area contributed by atoms with Gasteiger partial charge in [0.15, 0.2) is 0 Å². The number of amides is 1. The Labute approximate surface area is 145 Å². The van der Waals surface area contributed by atoms with Gasteiger partial charge in [-0.1, -0.05) is 44.7 Å². The number of carbonyl (C=O) groups is 1. The fourth-order valence-corrected chi connectivity index (χ4v) is 3.83. The summed E-state index contributed by atoms with van der Waals surface area (Å²) in [5.41, 5.74) is 4.13. The summed E-state index contributed by atoms with van der Waals surface area (Å²) in [5, 5.41) is 0. The van der Waals surface area contributed by atoms with E-state index < -0.39 is 5.79 Å². The first-order chi connectivity index (χ1) is 11.6. The number of unbranched alkanes of at least 4 members (excludes halogenated alkanes) is 4. The fourth-order valence-electron chi connectivity index (χ4n) is 3.83. The maximum Gasteiger partial charge on any atom is 0.292 e. The molecule has 0 saturated carbocycles. The Kier molecular flexibility index (Phi) is 5.26. The number of aryl methyl sites for hydroxylation is 2. The van der Waals surface area contributed by atoms with E-state index in [0.717, 1.165) is 48.2 Å². The third kappa shape index (κ3) is 2.86. The molecule has 24 heavy (non-hydrogen) atoms. The molecule has 0 N–H and O–H groups in total. The van der Waals surface area contributed by atoms with Crippen molar-refractivity contribution in [2.24, 2.45) is 0 Å². The van der Waals surface area contributed by atoms with E-state index >= 15 is 0 Å². The number of anilines is 1. The molecule has 2 aliphatic heterocycles. The van der Waals surface area contributed by atoms with Crippen molar-refractivity contribution in [3.05, 3.63) is 28.8 Å². The van der Waals surface area contributed by atoms with Crippen LogP contribution in [-0.2, 0) is 20.1 Å². The minimum absolute atomic E-state index is 0.0370. The highest BCUT2D eigenvalue weighted by Gasteiger charge is 2.55. The average molecular weight is 331 g/mol. The van der Waals surface area contributed by atoms with Crippen molar-refractivity contribution in [3.63, 3.8) is 0 Å². The van der Waals surface area contributed by atoms with Crippen molar-refractivity contribution >= 4 is 11.6 Å². The van der Waals surface area contributed by atoms with E-state index in [4.69, 9.17) is 9.47 Å². The van der Waals surface area contributed by atoms with E-state index in [1.807, 2.05) is 11.8 Å². The Balaban J connectivity index is 1.89. The van der Waals surface area contributed by atoms with Gasteiger partial charge in [0.2, 0.25) is 0 Å². The highest BCUT2D eigenvalue weighted by molar-refractivity contribution is 6.07. The first-order valence-corrected chi connectivity index (χ1v) is 9.32. The van der Waals surface area contributed by atoms with Crippen molar-refractivity contribution in [1.82, 2.24) is 0 Å². The molecule has 1 amide bonds. The number of fused-ring (bicyclic) bond motifs is 2. The van der Waals surface area contributed by atoms with Gasteiger partial charge in [0.05, 0.1) is 18.9 Å². The van der Waals surface area contributed by atoms with Crippen LogP contribution < -0.4 is 4.90 Å². The molecule has 4 nitrogen and oxygen atoms in total. The van der Waals surface area contributed by atoms with Gasteiger partial charge in [-0.25, -0.2) is 0 Å². The van der Waals surface area contributed by atoms with E-state index in [-0.39, 0.29) is 5.91 Å². The van der Waals surface area contributed by atoms with E-state index in [2.05, 4.69) is 26.0 Å². The molecule has 2 aliphatic rings. The summed E-state index contributed by atoms with van der Waals surface area (Å²) in [6.07, 6.45) is 6.75. The van der Waals surface area contributed by atoms with E-state index in [1.54, 1.807) is 0 Å². The summed E-state index contributed by atoms with van der Waals surface area (Å²) >= 11 is 0. The maximum absolute atomic E-state index is 13.2. The lowest BCUT2D eigenvalue weighted by Gasteiger charge is -2.33. The van der Waals surface area contributed by atoms with E-state index in [9.17, 15) is 4.79 Å². The van der Waals surface area contributed by atoms with E-state index in [1.165, 1.54) is 19.3 Å². The Bertz CT molecular complexity index is 605. The molecule has 1 aromatic carbocycles. The molecule has 0 aliphatic carbocycles. The van der Waals surface area contributed by atoms with Crippen LogP contribution in [0.2, 0.25) is 0 Å². The van der Waals surface area contributed by atoms with Gasteiger partial charge in [0.25, 0.3) is 11.7 Å². The number of nitrogens with zero attached hydrogens (tertiary/aromatic N) is 1. The van der Waals surface area contributed by atoms with Crippen LogP contribution in [0, 0.1) is 13.8 Å². The summed E-state index contributed by atoms with van der Waals surface area (Å²) in [4.78, 5) is 15.2. The van der Waals surface area contributed by atoms with Gasteiger partial charge in [-0.2, -0.15) is 0 Å². The van der Waals surface area contributed by atoms with Crippen molar-refractivity contribution in [2.75, 3.05) is 24.7 Å². The predicted octanol–water partition coefficient (Wildman–Crippen LogP) is 4.21. The molecule has 4 heteroatoms. The summed E-state index contributed by atoms with van der Waals surface area (Å²) in [5.74, 6) is -1.24. The SMILES string of the molecule is CCCCCCCN1C(=O)C2(OCCCO2)c2c(C)ccc(C)c21. The molecule has 2 heterocycles. The van der Waals surface area contributed by atoms with Crippen LogP contribution in [-0.4, -0.2) is 25.7 Å². The Morgan fingerprint density at radius 1 is 1.04 bits per heavy atom. The third-order valence-corrected chi connectivity index (χ3v) is 5.10. The number of hydrogen-bond donors (Lipinski definition) is 0. The second-order valence-electron chi connectivity index (χ2n) is 6.96. The van der Waals surface area contributed by atoms with Gasteiger partial charge < -0.3 is 14.4 Å². The van der Waals surface area contributed by atoms with E-state index in [0.29, 0.717) is 13.2 Å². The molecule has 3 rings (SSSR count). The number of hydrogen-bond acceptors (Lipinski definition) is 3. The molecule has 0 atom stereocenters. The Hall–Kier alpha value is -1.39. The lowest BCUT2D eigenvalue weighted by molar-refractivity contribution is -0.257. The van der Waals surface area contributed by atoms with Crippen LogP contribution in [0.25, 0.3) is 0 Å². The van der Waals surface area contributed by atoms with Gasteiger partial charge in [0.1, 0.15) is 0 Å². The number of rotatable bonds is 6. The topological polar surface area (TPSA) is 38.8 Å². The zero-order valence-corrected chi connectivity index (χ0v) is 15.2. The molecular weight excluding hydrogens is 302 g/mol. The number of carbonyl (C=O) groups excluding carboxylic acids is 1. The van der Waals surface area contributed by atoms with Crippen molar-refractivity contribution in [2.45, 2.75) is 65.1 Å². The standard InChI is InChI=1S/C20H29NO3/c1-4-5-6-7-8-12-21-18-16(3)11-10-15(2)17(18)20(19(21)22)23-13-9-14-24-20/h10-11H,4-9,12-14H2,1-3H3. The summed E-state index contributed by atoms with van der Waals surface area (Å²) < 4.78 is 11.9. The predicted molar refractivity (Wildman–Crippen MR) is 95.2 cm³/mol. The fraction of sp³-hybridized carbons (Fsp3) is 0.650. The van der Waals surface area contributed by atoms with Crippen molar-refractivity contribution in [3.8, 4) is 0 Å². The minimum Gasteiger partial charge on any atom is -0.338 e. The Morgan fingerprint density at radius 2 is 1.71 bits per heavy atom. The maximum atomic E-state index is 13.2. The molecule has 132 valence electrons. The second-order valence-corrected chi connectivity index (χ2v) is 6.96. The first-order valence-electron chi connectivity index (χ1n) is 9.32. The third-order valence-electron chi connectivity index (χ3n) is 5.10. The normalized spacial score (nSPS) is 19.1. The van der Waals surface area contributed by atoms with Crippen molar-refractivity contribution in [1.29, 1.82) is 0 Å². The summed E-state index contributed by atoms with van der Waals surface area (Å²) in [6.45, 7) is 8.21. The molecule has 0 aromatic heterocycles. The first kappa shape index (κ1) is 17.4. The van der Waals surface area contributed by atoms with Gasteiger partial charge in [-0.15, -0.1) is 0 Å². The molecule has 1 fully saturated rings. The van der Waals surface area contributed by atoms with Gasteiger partial charge >= 0.3 is 0 Å². The minimum atomic E-state index is -1.20. The van der Waals surface area contributed by atoms with Gasteiger partial charge in [0, 0.05) is 12.1 Å². The lowest BCUT2D eigenvalue weighted by atomic mass is 9.97. The summed E-state index contributed by atoms with van der Waals surface area (Å²) in [6, 6.07) is 4.16. The average Bonchev–Trinajstić information content (AvgIpc) is 2.82. The molecule has 1 saturated heterocycles. The molecule has 1 spiro atoms. The molecule has 0 unspecified atom stereocenters. The van der Waals surface area contributed by atoms with Crippen molar-refractivity contribution < 1.29 is 14.3 Å². The van der Waals surface area contributed by atoms with Crippen LogP contribution in [0.4, 0.5) is 5.69 Å². The van der Waals surface area contributed by atoms with Crippen LogP contribution in [0.1, 0.15) is 62.1 Å². The largest absolute Gasteiger partial charge is 0.338 e. The zero-order valence-electron chi connectivity index (χ0n) is 15.2. The van der Waals surface area contributed by atoms with Gasteiger partial charge in [-0.05, 0) is 37.8 Å². The van der Waals surface area contributed by atoms with Crippen LogP contribution in [0.5, 0.6) is 0 Å². The molecule has 0 bridgehead atoms. The molecule has 1 aromatic rings. The highest BCUT2D eigenvalue weighted by Crippen LogP contribution is 2.48. The van der Waals surface area contributed by atoms with Crippen LogP contribution in [0.15, 0.2) is 12.1 Å². The summed E-state index contributed by atoms with van der Waals surface area (Å²) in [7, 11) is 0. The van der Waals surface area contributed by atoms with Gasteiger partial charge in [-0.3, -0.25) is 4.79 Å². The zero-order chi connectivity index (χ0) is 17.2. The lowest BCUT2D eigenvalue weighted by Crippen LogP contribution is -2.47. The Morgan fingerprint density at radius 3 is 2.42 bits per heavy atom. The van der Waals surface area contributed by atoms with Crippen LogP contribution in [0.3, 0.4) is 0 Å². The monoisotopic (exact) mass is 331 g/mol. The molecular formula is C20H29NO3. The number of benzene rings is 1. The van der Waals surface area contributed by atoms with Crippen LogP contribution >= 0.6 is 0 Å². The second kappa shape index (κ2) is 7.24. The quantitative estimate of drug-likeness (QED) is 0.733. The number of ether oxygens (including phenoxy) is 2.